The van der Waals surface area contributed by atoms with Gasteiger partial charge >= 0.3 is 0 Å². The normalized spacial score (nSPS) is 16.5. The second-order valence-corrected chi connectivity index (χ2v) is 10.9. The number of likely N-dealkylation sites (N-methyl/N-ethyl adjacent to an activating group) is 1. The summed E-state index contributed by atoms with van der Waals surface area (Å²) in [5.74, 6) is 0.474. The first kappa shape index (κ1) is 22.6. The van der Waals surface area contributed by atoms with Crippen LogP contribution >= 0.6 is 0 Å². The number of benzene rings is 1. The maximum absolute atomic E-state index is 12.7. The lowest BCUT2D eigenvalue weighted by Crippen LogP contribution is -2.47. The monoisotopic (exact) mass is 453 g/mol. The molecule has 1 aromatic carbocycles. The molecule has 1 aliphatic rings. The molecule has 1 aliphatic heterocycles. The fraction of sp³-hybridized carbons (Fsp3) is 0.421. The maximum atomic E-state index is 12.7. The summed E-state index contributed by atoms with van der Waals surface area (Å²) >= 11 is 0. The summed E-state index contributed by atoms with van der Waals surface area (Å²) < 4.78 is 53.9. The molecule has 0 amide bonds. The predicted molar refractivity (Wildman–Crippen MR) is 115 cm³/mol. The second-order valence-electron chi connectivity index (χ2n) is 7.22. The molecule has 1 saturated heterocycles. The van der Waals surface area contributed by atoms with Crippen LogP contribution in [0.25, 0.3) is 0 Å². The molecule has 1 fully saturated rings. The summed E-state index contributed by atoms with van der Waals surface area (Å²) in [6, 6.07) is 9.71. The summed E-state index contributed by atoms with van der Waals surface area (Å²) in [7, 11) is -5.16. The molecule has 0 saturated carbocycles. The number of aromatic nitrogens is 1. The van der Waals surface area contributed by atoms with Gasteiger partial charge in [-0.1, -0.05) is 17.7 Å². The third-order valence-corrected chi connectivity index (χ3v) is 8.25. The zero-order valence-electron chi connectivity index (χ0n) is 17.1. The standard InChI is InChI=1S/C19H27N5O4S2/c1-16-3-5-17(6-4-16)29(25,26)22-10-9-20-19-8-7-18(15-21-19)30(27,28)24-13-11-23(2)12-14-24/h3-8,15,22H,9-14H2,1-2H3,(H,20,21). The number of hydrogen-bond acceptors (Lipinski definition) is 7. The van der Waals surface area contributed by atoms with Gasteiger partial charge < -0.3 is 10.2 Å². The van der Waals surface area contributed by atoms with Crippen molar-refractivity contribution in [2.75, 3.05) is 51.6 Å². The third kappa shape index (κ3) is 5.55. The topological polar surface area (TPSA) is 112 Å². The van der Waals surface area contributed by atoms with Gasteiger partial charge in [0.15, 0.2) is 0 Å². The van der Waals surface area contributed by atoms with Crippen molar-refractivity contribution in [3.8, 4) is 0 Å². The van der Waals surface area contributed by atoms with Crippen LogP contribution in [0.1, 0.15) is 5.56 Å². The number of pyridine rings is 1. The lowest BCUT2D eigenvalue weighted by molar-refractivity contribution is 0.222. The summed E-state index contributed by atoms with van der Waals surface area (Å²) in [4.78, 5) is 6.60. The van der Waals surface area contributed by atoms with E-state index in [1.807, 2.05) is 14.0 Å². The zero-order chi connectivity index (χ0) is 21.8. The molecule has 2 heterocycles. The smallest absolute Gasteiger partial charge is 0.244 e. The Labute approximate surface area is 178 Å². The third-order valence-electron chi connectivity index (χ3n) is 4.89. The molecule has 0 spiro atoms. The Morgan fingerprint density at radius 2 is 1.53 bits per heavy atom. The summed E-state index contributed by atoms with van der Waals surface area (Å²) in [6.45, 7) is 4.68. The average Bonchev–Trinajstić information content (AvgIpc) is 2.72. The van der Waals surface area contributed by atoms with Gasteiger partial charge in [-0.05, 0) is 38.2 Å². The number of sulfonamides is 2. The van der Waals surface area contributed by atoms with E-state index in [2.05, 4.69) is 19.9 Å². The van der Waals surface area contributed by atoms with Gasteiger partial charge in [-0.3, -0.25) is 0 Å². The quantitative estimate of drug-likeness (QED) is 0.567. The van der Waals surface area contributed by atoms with Crippen LogP contribution < -0.4 is 10.0 Å². The highest BCUT2D eigenvalue weighted by Crippen LogP contribution is 2.18. The molecule has 0 bridgehead atoms. The van der Waals surface area contributed by atoms with E-state index in [9.17, 15) is 16.8 Å². The van der Waals surface area contributed by atoms with Crippen LogP contribution in [0.15, 0.2) is 52.4 Å². The first-order valence-corrected chi connectivity index (χ1v) is 12.6. The van der Waals surface area contributed by atoms with Crippen LogP contribution in [0.2, 0.25) is 0 Å². The van der Waals surface area contributed by atoms with E-state index in [4.69, 9.17) is 0 Å². The molecule has 1 aromatic heterocycles. The summed E-state index contributed by atoms with van der Waals surface area (Å²) in [6.07, 6.45) is 1.33. The van der Waals surface area contributed by atoms with Crippen molar-refractivity contribution < 1.29 is 16.8 Å². The fourth-order valence-electron chi connectivity index (χ4n) is 2.99. The Bertz CT molecular complexity index is 1050. The lowest BCUT2D eigenvalue weighted by Gasteiger charge is -2.31. The highest BCUT2D eigenvalue weighted by molar-refractivity contribution is 7.89. The largest absolute Gasteiger partial charge is 0.369 e. The van der Waals surface area contributed by atoms with Crippen LogP contribution in [0, 0.1) is 6.92 Å². The number of aryl methyl sites for hydroxylation is 1. The van der Waals surface area contributed by atoms with Crippen molar-refractivity contribution in [2.24, 2.45) is 0 Å². The number of anilines is 1. The molecule has 0 unspecified atom stereocenters. The van der Waals surface area contributed by atoms with E-state index in [0.717, 1.165) is 5.56 Å². The van der Waals surface area contributed by atoms with E-state index in [0.29, 0.717) is 38.5 Å². The van der Waals surface area contributed by atoms with Crippen LogP contribution in [-0.2, 0) is 20.0 Å². The predicted octanol–water partition coefficient (Wildman–Crippen LogP) is 0.717. The number of nitrogens with zero attached hydrogens (tertiary/aromatic N) is 3. The van der Waals surface area contributed by atoms with E-state index in [1.54, 1.807) is 30.3 Å². The molecule has 30 heavy (non-hydrogen) atoms. The molecule has 9 nitrogen and oxygen atoms in total. The summed E-state index contributed by atoms with van der Waals surface area (Å²) in [5.41, 5.74) is 0.986. The molecule has 0 radical (unpaired) electrons. The van der Waals surface area contributed by atoms with E-state index in [1.165, 1.54) is 16.6 Å². The van der Waals surface area contributed by atoms with Gasteiger partial charge in [0.25, 0.3) is 0 Å². The second kappa shape index (κ2) is 9.40. The lowest BCUT2D eigenvalue weighted by atomic mass is 10.2. The van der Waals surface area contributed by atoms with Crippen LogP contribution in [-0.4, -0.2) is 77.3 Å². The Morgan fingerprint density at radius 3 is 2.13 bits per heavy atom. The van der Waals surface area contributed by atoms with Gasteiger partial charge in [0.05, 0.1) is 4.90 Å². The number of nitrogens with one attached hydrogen (secondary N) is 2. The number of rotatable bonds is 8. The minimum absolute atomic E-state index is 0.151. The Balaban J connectivity index is 1.52. The Kier molecular flexibility index (Phi) is 7.09. The molecule has 2 aromatic rings. The molecule has 11 heteroatoms. The highest BCUT2D eigenvalue weighted by Gasteiger charge is 2.27. The molecular formula is C19H27N5O4S2. The van der Waals surface area contributed by atoms with Crippen LogP contribution in [0.4, 0.5) is 5.82 Å². The zero-order valence-corrected chi connectivity index (χ0v) is 18.7. The van der Waals surface area contributed by atoms with Crippen molar-refractivity contribution >= 4 is 25.9 Å². The van der Waals surface area contributed by atoms with Gasteiger partial charge in [-0.25, -0.2) is 26.5 Å². The highest BCUT2D eigenvalue weighted by atomic mass is 32.2. The van der Waals surface area contributed by atoms with Crippen molar-refractivity contribution in [1.82, 2.24) is 18.9 Å². The van der Waals surface area contributed by atoms with Crippen molar-refractivity contribution in [1.29, 1.82) is 0 Å². The van der Waals surface area contributed by atoms with Crippen LogP contribution in [0.3, 0.4) is 0 Å². The maximum Gasteiger partial charge on any atom is 0.244 e. The molecular weight excluding hydrogens is 426 g/mol. The Hall–Kier alpha value is -2.05. The SMILES string of the molecule is Cc1ccc(S(=O)(=O)NCCNc2ccc(S(=O)(=O)N3CCN(C)CC3)cn2)cc1. The first-order valence-electron chi connectivity index (χ1n) is 9.63. The van der Waals surface area contributed by atoms with Crippen molar-refractivity contribution in [3.05, 3.63) is 48.2 Å². The Morgan fingerprint density at radius 1 is 0.900 bits per heavy atom. The van der Waals surface area contributed by atoms with Gasteiger partial charge in [-0.15, -0.1) is 0 Å². The fourth-order valence-corrected chi connectivity index (χ4v) is 5.39. The number of piperazine rings is 1. The molecule has 164 valence electrons. The first-order chi connectivity index (χ1) is 14.2. The van der Waals surface area contributed by atoms with Gasteiger partial charge in [0.2, 0.25) is 20.0 Å². The van der Waals surface area contributed by atoms with Crippen molar-refractivity contribution in [3.63, 3.8) is 0 Å². The molecule has 0 atom stereocenters. The van der Waals surface area contributed by atoms with Gasteiger partial charge in [0, 0.05) is 45.5 Å². The molecule has 2 N–H and O–H groups in total. The van der Waals surface area contributed by atoms with E-state index < -0.39 is 20.0 Å². The van der Waals surface area contributed by atoms with Crippen LogP contribution in [0.5, 0.6) is 0 Å². The number of hydrogen-bond donors (Lipinski definition) is 2. The summed E-state index contributed by atoms with van der Waals surface area (Å²) in [5, 5.41) is 2.99. The minimum atomic E-state index is -3.57. The van der Waals surface area contributed by atoms with E-state index in [-0.39, 0.29) is 16.3 Å². The average molecular weight is 454 g/mol. The van der Waals surface area contributed by atoms with Gasteiger partial charge in [0.1, 0.15) is 10.7 Å². The van der Waals surface area contributed by atoms with Gasteiger partial charge in [-0.2, -0.15) is 4.31 Å². The van der Waals surface area contributed by atoms with Crippen molar-refractivity contribution in [2.45, 2.75) is 16.7 Å². The minimum Gasteiger partial charge on any atom is -0.369 e. The van der Waals surface area contributed by atoms with E-state index >= 15 is 0 Å². The molecule has 0 aliphatic carbocycles. The molecule has 3 rings (SSSR count).